The summed E-state index contributed by atoms with van der Waals surface area (Å²) in [6.07, 6.45) is -4.86. The lowest BCUT2D eigenvalue weighted by molar-refractivity contribution is -0.140. The first-order chi connectivity index (χ1) is 13.7. The van der Waals surface area contributed by atoms with Gasteiger partial charge in [-0.15, -0.1) is 0 Å². The van der Waals surface area contributed by atoms with Gasteiger partial charge in [0.2, 0.25) is 5.91 Å². The summed E-state index contributed by atoms with van der Waals surface area (Å²) in [6.45, 7) is -0.180. The van der Waals surface area contributed by atoms with E-state index in [0.29, 0.717) is 17.0 Å². The van der Waals surface area contributed by atoms with Crippen LogP contribution in [0.2, 0.25) is 0 Å². The lowest BCUT2D eigenvalue weighted by Crippen LogP contribution is -2.11. The Kier molecular flexibility index (Phi) is 4.29. The molecule has 1 amide bonds. The summed E-state index contributed by atoms with van der Waals surface area (Å²) in [5.41, 5.74) is 4.75. The zero-order valence-electron chi connectivity index (χ0n) is 14.6. The molecule has 29 heavy (non-hydrogen) atoms. The summed E-state index contributed by atoms with van der Waals surface area (Å²) in [7, 11) is 0. The predicted molar refractivity (Wildman–Crippen MR) is 97.3 cm³/mol. The van der Waals surface area contributed by atoms with Crippen molar-refractivity contribution in [1.82, 2.24) is 4.57 Å². The fourth-order valence-electron chi connectivity index (χ4n) is 3.51. The number of hydrogen-bond acceptors (Lipinski definition) is 1. The van der Waals surface area contributed by atoms with Gasteiger partial charge in [-0.2, -0.15) is 13.2 Å². The van der Waals surface area contributed by atoms with E-state index in [1.165, 1.54) is 22.8 Å². The number of amides is 1. The molecular formula is C21H12F5N2O. The lowest BCUT2D eigenvalue weighted by Gasteiger charge is -2.12. The standard InChI is InChI=1S/C21H12F5N2O/c22-15-8-7-11(9-14(15)21(24,25)26)10-28-17-6-2-4-13(20(27)29)18(17)12-3-1-5-16(23)19(12)28/h1-2,4-9H,10H2,(H2,27,29). The lowest BCUT2D eigenvalue weighted by atomic mass is 10.1. The van der Waals surface area contributed by atoms with Crippen LogP contribution in [0.3, 0.4) is 0 Å². The van der Waals surface area contributed by atoms with E-state index in [1.807, 2.05) is 0 Å². The normalized spacial score (nSPS) is 12.0. The molecule has 0 fully saturated rings. The SMILES string of the molecule is NC(=O)c1cccc2c1c1[c]ccc(F)c1n2Cc1ccc(F)c(C(F)(F)F)c1. The maximum absolute atomic E-state index is 14.7. The second-order valence-corrected chi connectivity index (χ2v) is 6.51. The molecule has 8 heteroatoms. The van der Waals surface area contributed by atoms with Crippen molar-refractivity contribution >= 4 is 27.7 Å². The van der Waals surface area contributed by atoms with Gasteiger partial charge in [0, 0.05) is 22.9 Å². The maximum atomic E-state index is 14.7. The number of primary amides is 1. The monoisotopic (exact) mass is 403 g/mol. The first-order valence-corrected chi connectivity index (χ1v) is 8.45. The highest BCUT2D eigenvalue weighted by Crippen LogP contribution is 2.35. The van der Waals surface area contributed by atoms with Crippen molar-refractivity contribution in [1.29, 1.82) is 0 Å². The number of nitrogens with two attached hydrogens (primary N) is 1. The number of nitrogens with zero attached hydrogens (tertiary/aromatic N) is 1. The van der Waals surface area contributed by atoms with Gasteiger partial charge in [-0.3, -0.25) is 4.79 Å². The molecule has 4 rings (SSSR count). The molecule has 0 saturated heterocycles. The van der Waals surface area contributed by atoms with Crippen LogP contribution in [0.1, 0.15) is 21.5 Å². The third kappa shape index (κ3) is 3.10. The van der Waals surface area contributed by atoms with Crippen LogP contribution in [0.5, 0.6) is 0 Å². The van der Waals surface area contributed by atoms with E-state index in [0.717, 1.165) is 12.1 Å². The molecule has 147 valence electrons. The number of aromatic nitrogens is 1. The van der Waals surface area contributed by atoms with E-state index in [-0.39, 0.29) is 28.6 Å². The minimum atomic E-state index is -4.86. The Labute approximate surface area is 161 Å². The summed E-state index contributed by atoms with van der Waals surface area (Å²) in [5.74, 6) is -2.75. The average molecular weight is 403 g/mol. The Morgan fingerprint density at radius 1 is 1.07 bits per heavy atom. The second-order valence-electron chi connectivity index (χ2n) is 6.51. The molecular weight excluding hydrogens is 391 g/mol. The molecule has 0 saturated carbocycles. The molecule has 0 aliphatic carbocycles. The zero-order valence-corrected chi connectivity index (χ0v) is 14.6. The predicted octanol–water partition coefficient (Wildman–Crippen LogP) is 5.04. The summed E-state index contributed by atoms with van der Waals surface area (Å²) < 4.78 is 68.9. The number of fused-ring (bicyclic) bond motifs is 3. The van der Waals surface area contributed by atoms with E-state index >= 15 is 0 Å². The number of carbonyl (C=O) groups excluding carboxylic acids is 1. The summed E-state index contributed by atoms with van der Waals surface area (Å²) in [6, 6.07) is 12.6. The van der Waals surface area contributed by atoms with E-state index in [9.17, 15) is 26.7 Å². The molecule has 3 aromatic carbocycles. The Morgan fingerprint density at radius 2 is 1.83 bits per heavy atom. The van der Waals surface area contributed by atoms with Crippen LogP contribution in [-0.2, 0) is 12.7 Å². The zero-order chi connectivity index (χ0) is 20.9. The van der Waals surface area contributed by atoms with E-state index < -0.39 is 29.3 Å². The van der Waals surface area contributed by atoms with Crippen LogP contribution in [0, 0.1) is 17.7 Å². The largest absolute Gasteiger partial charge is 0.419 e. The first-order valence-electron chi connectivity index (χ1n) is 8.45. The van der Waals surface area contributed by atoms with Crippen molar-refractivity contribution in [3.63, 3.8) is 0 Å². The third-order valence-corrected chi connectivity index (χ3v) is 4.72. The van der Waals surface area contributed by atoms with Crippen molar-refractivity contribution in [2.24, 2.45) is 5.73 Å². The molecule has 2 N–H and O–H groups in total. The maximum Gasteiger partial charge on any atom is 0.419 e. The van der Waals surface area contributed by atoms with Crippen LogP contribution < -0.4 is 5.73 Å². The topological polar surface area (TPSA) is 48.0 Å². The second kappa shape index (κ2) is 6.58. The van der Waals surface area contributed by atoms with Gasteiger partial charge in [-0.05, 0) is 42.0 Å². The van der Waals surface area contributed by atoms with Crippen LogP contribution in [-0.4, -0.2) is 10.5 Å². The number of halogens is 5. The quantitative estimate of drug-likeness (QED) is 0.479. The molecule has 0 aliphatic heterocycles. The van der Waals surface area contributed by atoms with Crippen LogP contribution in [0.25, 0.3) is 21.8 Å². The minimum absolute atomic E-state index is 0.0640. The van der Waals surface area contributed by atoms with E-state index in [2.05, 4.69) is 6.07 Å². The molecule has 0 atom stereocenters. The van der Waals surface area contributed by atoms with Crippen molar-refractivity contribution < 1.29 is 26.7 Å². The van der Waals surface area contributed by atoms with Gasteiger partial charge in [0.05, 0.1) is 16.6 Å². The van der Waals surface area contributed by atoms with Gasteiger partial charge in [-0.1, -0.05) is 18.2 Å². The van der Waals surface area contributed by atoms with Crippen molar-refractivity contribution in [3.8, 4) is 0 Å². The third-order valence-electron chi connectivity index (χ3n) is 4.72. The fraction of sp³-hybridized carbons (Fsp3) is 0.0952. The van der Waals surface area contributed by atoms with Crippen LogP contribution in [0.4, 0.5) is 22.0 Å². The average Bonchev–Trinajstić information content (AvgIpc) is 2.97. The Bertz CT molecular complexity index is 1270. The van der Waals surface area contributed by atoms with Crippen LogP contribution >= 0.6 is 0 Å². The van der Waals surface area contributed by atoms with Gasteiger partial charge in [0.1, 0.15) is 11.6 Å². The molecule has 3 nitrogen and oxygen atoms in total. The fourth-order valence-corrected chi connectivity index (χ4v) is 3.51. The van der Waals surface area contributed by atoms with Gasteiger partial charge < -0.3 is 10.3 Å². The van der Waals surface area contributed by atoms with Crippen molar-refractivity contribution in [2.45, 2.75) is 12.7 Å². The molecule has 0 bridgehead atoms. The first kappa shape index (κ1) is 18.9. The van der Waals surface area contributed by atoms with Gasteiger partial charge in [0.25, 0.3) is 0 Å². The summed E-state index contributed by atoms with van der Waals surface area (Å²) >= 11 is 0. The van der Waals surface area contributed by atoms with Crippen LogP contribution in [0.15, 0.2) is 48.5 Å². The van der Waals surface area contributed by atoms with E-state index in [1.54, 1.807) is 12.1 Å². The summed E-state index contributed by atoms with van der Waals surface area (Å²) in [5, 5.41) is 0.639. The van der Waals surface area contributed by atoms with Gasteiger partial charge in [0.15, 0.2) is 0 Å². The number of hydrogen-bond donors (Lipinski definition) is 1. The van der Waals surface area contributed by atoms with Gasteiger partial charge in [-0.25, -0.2) is 8.78 Å². The molecule has 4 aromatic rings. The highest BCUT2D eigenvalue weighted by molar-refractivity contribution is 6.17. The smallest absolute Gasteiger partial charge is 0.366 e. The number of benzene rings is 3. The summed E-state index contributed by atoms with van der Waals surface area (Å²) in [4.78, 5) is 11.8. The van der Waals surface area contributed by atoms with Gasteiger partial charge >= 0.3 is 6.18 Å². The number of carbonyl (C=O) groups is 1. The Hall–Kier alpha value is -3.42. The molecule has 0 unspecified atom stereocenters. The Morgan fingerprint density at radius 3 is 2.52 bits per heavy atom. The van der Waals surface area contributed by atoms with E-state index in [4.69, 9.17) is 5.73 Å². The highest BCUT2D eigenvalue weighted by atomic mass is 19.4. The minimum Gasteiger partial charge on any atom is -0.366 e. The highest BCUT2D eigenvalue weighted by Gasteiger charge is 2.34. The molecule has 0 spiro atoms. The Balaban J connectivity index is 1.99. The van der Waals surface area contributed by atoms with Crippen molar-refractivity contribution in [2.75, 3.05) is 0 Å². The molecule has 1 aromatic heterocycles. The number of alkyl halides is 3. The molecule has 0 aliphatic rings. The molecule has 1 heterocycles. The molecule has 1 radical (unpaired) electrons. The van der Waals surface area contributed by atoms with Crippen molar-refractivity contribution in [3.05, 3.63) is 82.9 Å². The number of rotatable bonds is 3.